The van der Waals surface area contributed by atoms with Crippen molar-refractivity contribution in [3.63, 3.8) is 0 Å². The fourth-order valence-electron chi connectivity index (χ4n) is 6.02. The highest BCUT2D eigenvalue weighted by Crippen LogP contribution is 2.53. The van der Waals surface area contributed by atoms with Gasteiger partial charge in [0.2, 0.25) is 0 Å². The Bertz CT molecular complexity index is 1840. The Kier molecular flexibility index (Phi) is 3.72. The molecule has 0 bridgehead atoms. The zero-order valence-electron chi connectivity index (χ0n) is 19.1. The van der Waals surface area contributed by atoms with Crippen molar-refractivity contribution >= 4 is 49.4 Å². The Balaban J connectivity index is 1.42. The molecular weight excluding hydrogens is 422 g/mol. The van der Waals surface area contributed by atoms with Crippen LogP contribution in [0.3, 0.4) is 0 Å². The van der Waals surface area contributed by atoms with E-state index in [9.17, 15) is 0 Å². The third-order valence-electron chi connectivity index (χ3n) is 7.50. The maximum Gasteiger partial charge on any atom is 0.0468 e. The van der Waals surface area contributed by atoms with E-state index in [1.807, 2.05) is 0 Å². The first-order valence-electron chi connectivity index (χ1n) is 12.1. The van der Waals surface area contributed by atoms with E-state index in [-0.39, 0.29) is 0 Å². The predicted molar refractivity (Wildman–Crippen MR) is 149 cm³/mol. The van der Waals surface area contributed by atoms with Gasteiger partial charge in [-0.3, -0.25) is 0 Å². The third kappa shape index (κ3) is 2.58. The molecule has 0 N–H and O–H groups in total. The lowest BCUT2D eigenvalue weighted by Gasteiger charge is -2.26. The molecule has 0 amide bonds. The quantitative estimate of drug-likeness (QED) is 0.246. The van der Waals surface area contributed by atoms with Crippen LogP contribution in [0.4, 0.5) is 17.1 Å². The lowest BCUT2D eigenvalue weighted by atomic mass is 9.91. The SMILES string of the molecule is c1ccc(N(c2ccccc2)c2ccc3c(c2)-c2cc4cccc5ccc6ccc-3c2c6c54)cc1. The van der Waals surface area contributed by atoms with Gasteiger partial charge in [0.05, 0.1) is 0 Å². The first-order valence-corrected chi connectivity index (χ1v) is 12.1. The Morgan fingerprint density at radius 1 is 0.314 bits per heavy atom. The van der Waals surface area contributed by atoms with Crippen molar-refractivity contribution < 1.29 is 0 Å². The van der Waals surface area contributed by atoms with Crippen molar-refractivity contribution in [2.75, 3.05) is 4.90 Å². The highest BCUT2D eigenvalue weighted by atomic mass is 15.1. The molecule has 0 atom stereocenters. The van der Waals surface area contributed by atoms with Crippen LogP contribution in [0.1, 0.15) is 0 Å². The van der Waals surface area contributed by atoms with Gasteiger partial charge < -0.3 is 4.90 Å². The van der Waals surface area contributed by atoms with Gasteiger partial charge in [-0.15, -0.1) is 0 Å². The van der Waals surface area contributed by atoms with Gasteiger partial charge in [-0.2, -0.15) is 0 Å². The third-order valence-corrected chi connectivity index (χ3v) is 7.50. The number of hydrogen-bond acceptors (Lipinski definition) is 1. The lowest BCUT2D eigenvalue weighted by molar-refractivity contribution is 1.28. The molecule has 7 aromatic carbocycles. The van der Waals surface area contributed by atoms with Crippen LogP contribution in [0.25, 0.3) is 54.6 Å². The number of nitrogens with zero attached hydrogens (tertiary/aromatic N) is 1. The summed E-state index contributed by atoms with van der Waals surface area (Å²) in [6.45, 7) is 0. The average molecular weight is 444 g/mol. The summed E-state index contributed by atoms with van der Waals surface area (Å²) in [6.07, 6.45) is 0. The second kappa shape index (κ2) is 6.94. The van der Waals surface area contributed by atoms with Crippen molar-refractivity contribution in [2.45, 2.75) is 0 Å². The Morgan fingerprint density at radius 2 is 0.943 bits per heavy atom. The minimum atomic E-state index is 1.16. The smallest absolute Gasteiger partial charge is 0.0468 e. The molecule has 0 radical (unpaired) electrons. The van der Waals surface area contributed by atoms with Crippen molar-refractivity contribution in [3.8, 4) is 22.3 Å². The Morgan fingerprint density at radius 3 is 1.69 bits per heavy atom. The summed E-state index contributed by atoms with van der Waals surface area (Å²) in [6, 6.07) is 46.4. The van der Waals surface area contributed by atoms with Crippen LogP contribution in [0.15, 0.2) is 127 Å². The maximum atomic E-state index is 2.40. The predicted octanol–water partition coefficient (Wildman–Crippen LogP) is 9.70. The van der Waals surface area contributed by atoms with E-state index in [0.717, 1.165) is 11.4 Å². The van der Waals surface area contributed by atoms with Gasteiger partial charge in [0.15, 0.2) is 0 Å². The standard InChI is InChI=1S/C34H21N/c1-3-10-25(11-4-1)35(26-12-5-2-6-13-26)27-17-19-28-29-18-16-23-15-14-22-8-7-9-24-20-31(30(28)21-27)34(29)33(23)32(22)24/h1-21H. The van der Waals surface area contributed by atoms with Crippen LogP contribution in [0.5, 0.6) is 0 Å². The molecule has 1 aliphatic rings. The molecule has 35 heavy (non-hydrogen) atoms. The van der Waals surface area contributed by atoms with E-state index in [1.54, 1.807) is 0 Å². The lowest BCUT2D eigenvalue weighted by Crippen LogP contribution is -2.09. The molecule has 0 fully saturated rings. The fourth-order valence-corrected chi connectivity index (χ4v) is 6.02. The van der Waals surface area contributed by atoms with Gasteiger partial charge in [-0.05, 0) is 97.0 Å². The van der Waals surface area contributed by atoms with Crippen molar-refractivity contribution in [1.29, 1.82) is 0 Å². The molecule has 162 valence electrons. The van der Waals surface area contributed by atoms with E-state index >= 15 is 0 Å². The van der Waals surface area contributed by atoms with Gasteiger partial charge in [-0.25, -0.2) is 0 Å². The molecular formula is C34H21N. The minimum absolute atomic E-state index is 1.16. The second-order valence-electron chi connectivity index (χ2n) is 9.39. The molecule has 0 saturated heterocycles. The number of rotatable bonds is 3. The molecule has 1 aliphatic carbocycles. The molecule has 0 aliphatic heterocycles. The molecule has 0 saturated carbocycles. The molecule has 7 aromatic rings. The highest BCUT2D eigenvalue weighted by molar-refractivity contribution is 6.32. The van der Waals surface area contributed by atoms with Crippen molar-refractivity contribution in [1.82, 2.24) is 0 Å². The van der Waals surface area contributed by atoms with Crippen LogP contribution >= 0.6 is 0 Å². The number of anilines is 3. The summed E-state index contributed by atoms with van der Waals surface area (Å²) in [5.41, 5.74) is 8.81. The highest BCUT2D eigenvalue weighted by Gasteiger charge is 2.25. The van der Waals surface area contributed by atoms with E-state index in [4.69, 9.17) is 0 Å². The summed E-state index contributed by atoms with van der Waals surface area (Å²) >= 11 is 0. The van der Waals surface area contributed by atoms with Gasteiger partial charge in [0, 0.05) is 17.1 Å². The molecule has 0 unspecified atom stereocenters. The zero-order valence-corrected chi connectivity index (χ0v) is 19.1. The van der Waals surface area contributed by atoms with Gasteiger partial charge in [0.25, 0.3) is 0 Å². The van der Waals surface area contributed by atoms with E-state index in [1.165, 1.54) is 60.3 Å². The monoisotopic (exact) mass is 443 g/mol. The molecule has 0 aromatic heterocycles. The summed E-state index contributed by atoms with van der Waals surface area (Å²) in [5, 5.41) is 8.12. The van der Waals surface area contributed by atoms with E-state index < -0.39 is 0 Å². The van der Waals surface area contributed by atoms with Gasteiger partial charge in [-0.1, -0.05) is 84.9 Å². The van der Waals surface area contributed by atoms with Gasteiger partial charge in [0.1, 0.15) is 0 Å². The fraction of sp³-hybridized carbons (Fsp3) is 0. The number of para-hydroxylation sites is 2. The summed E-state index contributed by atoms with van der Waals surface area (Å²) in [5.74, 6) is 0. The van der Waals surface area contributed by atoms with Crippen LogP contribution in [0, 0.1) is 0 Å². The topological polar surface area (TPSA) is 3.24 Å². The number of hydrogen-bond donors (Lipinski definition) is 0. The normalized spacial score (nSPS) is 12.0. The number of benzene rings is 7. The minimum Gasteiger partial charge on any atom is -0.310 e. The summed E-state index contributed by atoms with van der Waals surface area (Å²) < 4.78 is 0. The Hall–Kier alpha value is -4.62. The molecule has 1 nitrogen and oxygen atoms in total. The van der Waals surface area contributed by atoms with E-state index in [0.29, 0.717) is 0 Å². The van der Waals surface area contributed by atoms with Crippen molar-refractivity contribution in [3.05, 3.63) is 127 Å². The van der Waals surface area contributed by atoms with Crippen molar-refractivity contribution in [2.24, 2.45) is 0 Å². The van der Waals surface area contributed by atoms with Crippen LogP contribution in [-0.4, -0.2) is 0 Å². The molecule has 0 heterocycles. The molecule has 1 heteroatoms. The van der Waals surface area contributed by atoms with Crippen LogP contribution in [0.2, 0.25) is 0 Å². The summed E-state index contributed by atoms with van der Waals surface area (Å²) in [4.78, 5) is 2.34. The Labute approximate surface area is 203 Å². The van der Waals surface area contributed by atoms with Gasteiger partial charge >= 0.3 is 0 Å². The first kappa shape index (κ1) is 18.8. The summed E-state index contributed by atoms with van der Waals surface area (Å²) in [7, 11) is 0. The van der Waals surface area contributed by atoms with E-state index in [2.05, 4.69) is 132 Å². The largest absolute Gasteiger partial charge is 0.310 e. The maximum absolute atomic E-state index is 2.40. The first-order chi connectivity index (χ1) is 17.4. The average Bonchev–Trinajstić information content (AvgIpc) is 3.24. The second-order valence-corrected chi connectivity index (χ2v) is 9.39. The number of fused-ring (bicyclic) bond motifs is 3. The molecule has 0 spiro atoms. The molecule has 8 rings (SSSR count). The zero-order chi connectivity index (χ0) is 22.9. The van der Waals surface area contributed by atoms with Crippen LogP contribution < -0.4 is 4.90 Å². The van der Waals surface area contributed by atoms with Crippen LogP contribution in [-0.2, 0) is 0 Å².